The molecular weight excluding hydrogens is 202 g/mol. The Morgan fingerprint density at radius 3 is 1.50 bits per heavy atom. The topological polar surface area (TPSA) is 37.3 Å². The predicted molar refractivity (Wildman–Crippen MR) is 68.7 cm³/mol. The van der Waals surface area contributed by atoms with Crippen LogP contribution in [0.3, 0.4) is 0 Å². The number of carboxylic acids is 1. The molecule has 0 saturated heterocycles. The summed E-state index contributed by atoms with van der Waals surface area (Å²) in [6, 6.07) is 0. The van der Waals surface area contributed by atoms with Gasteiger partial charge in [0.15, 0.2) is 0 Å². The maximum Gasteiger partial charge on any atom is 0.303 e. The van der Waals surface area contributed by atoms with Crippen LogP contribution >= 0.6 is 0 Å². The summed E-state index contributed by atoms with van der Waals surface area (Å²) in [4.78, 5) is 10.3. The smallest absolute Gasteiger partial charge is 0.303 e. The first-order valence-corrected chi connectivity index (χ1v) is 6.99. The quantitative estimate of drug-likeness (QED) is 0.490. The van der Waals surface area contributed by atoms with Crippen LogP contribution in [-0.2, 0) is 4.79 Å². The SMILES string of the molecule is CCCCCCCCCCCCC[14C](=O)O. The summed E-state index contributed by atoms with van der Waals surface area (Å²) in [7, 11) is 0. The van der Waals surface area contributed by atoms with Gasteiger partial charge in [0, 0.05) is 6.42 Å². The van der Waals surface area contributed by atoms with Crippen LogP contribution in [0.1, 0.15) is 84.0 Å². The molecule has 0 amide bonds. The van der Waals surface area contributed by atoms with Gasteiger partial charge in [0.25, 0.3) is 0 Å². The number of unbranched alkanes of at least 4 members (excludes halogenated alkanes) is 10. The molecule has 96 valence electrons. The van der Waals surface area contributed by atoms with Gasteiger partial charge in [0.05, 0.1) is 0 Å². The first-order valence-electron chi connectivity index (χ1n) is 6.99. The Balaban J connectivity index is 2.90. The van der Waals surface area contributed by atoms with E-state index in [2.05, 4.69) is 6.92 Å². The summed E-state index contributed by atoms with van der Waals surface area (Å²) in [5, 5.41) is 8.46. The minimum atomic E-state index is -0.657. The fourth-order valence-corrected chi connectivity index (χ4v) is 1.94. The molecule has 2 heteroatoms. The zero-order chi connectivity index (χ0) is 12.1. The molecular formula is C14H28O2. The first kappa shape index (κ1) is 15.5. The average Bonchev–Trinajstić information content (AvgIpc) is 2.25. The van der Waals surface area contributed by atoms with E-state index < -0.39 is 5.97 Å². The molecule has 0 spiro atoms. The van der Waals surface area contributed by atoms with Gasteiger partial charge in [0.2, 0.25) is 0 Å². The van der Waals surface area contributed by atoms with Crippen LogP contribution in [0.5, 0.6) is 0 Å². The number of hydrogen-bond acceptors (Lipinski definition) is 1. The van der Waals surface area contributed by atoms with Crippen molar-refractivity contribution in [3.05, 3.63) is 0 Å². The van der Waals surface area contributed by atoms with Crippen molar-refractivity contribution < 1.29 is 9.90 Å². The van der Waals surface area contributed by atoms with Crippen molar-refractivity contribution in [1.82, 2.24) is 0 Å². The summed E-state index contributed by atoms with van der Waals surface area (Å²) in [6.07, 6.45) is 14.4. The standard InChI is InChI=1S/C14H28O2/c1-2-3-4-5-6-7-8-9-10-11-12-13-14(15)16/h2-13H2,1H3,(H,15,16)/i14+2. The van der Waals surface area contributed by atoms with E-state index in [1.54, 1.807) is 0 Å². The Bertz CT molecular complexity index is 155. The number of carbonyl (C=O) groups is 1. The van der Waals surface area contributed by atoms with E-state index in [0.29, 0.717) is 6.42 Å². The highest BCUT2D eigenvalue weighted by Gasteiger charge is 1.96. The second-order valence-electron chi connectivity index (χ2n) is 4.68. The summed E-state index contributed by atoms with van der Waals surface area (Å²) < 4.78 is 0. The van der Waals surface area contributed by atoms with Crippen molar-refractivity contribution in [1.29, 1.82) is 0 Å². The molecule has 0 aromatic carbocycles. The van der Waals surface area contributed by atoms with Gasteiger partial charge in [0.1, 0.15) is 0 Å². The highest BCUT2D eigenvalue weighted by molar-refractivity contribution is 5.66. The molecule has 0 rings (SSSR count). The van der Waals surface area contributed by atoms with Crippen LogP contribution in [0.2, 0.25) is 0 Å². The van der Waals surface area contributed by atoms with Crippen molar-refractivity contribution in [3.8, 4) is 0 Å². The Morgan fingerprint density at radius 2 is 1.12 bits per heavy atom. The molecule has 1 N–H and O–H groups in total. The number of hydrogen-bond donors (Lipinski definition) is 1. The minimum absolute atomic E-state index is 0.344. The molecule has 16 heavy (non-hydrogen) atoms. The third-order valence-corrected chi connectivity index (χ3v) is 2.99. The zero-order valence-electron chi connectivity index (χ0n) is 10.8. The van der Waals surface area contributed by atoms with Crippen molar-refractivity contribution >= 4 is 5.97 Å². The van der Waals surface area contributed by atoms with Gasteiger partial charge >= 0.3 is 5.97 Å². The fourth-order valence-electron chi connectivity index (χ4n) is 1.94. The fraction of sp³-hybridized carbons (Fsp3) is 0.929. The van der Waals surface area contributed by atoms with E-state index >= 15 is 0 Å². The van der Waals surface area contributed by atoms with Gasteiger partial charge in [-0.3, -0.25) is 4.79 Å². The lowest BCUT2D eigenvalue weighted by atomic mass is 10.1. The molecule has 0 bridgehead atoms. The normalized spacial score (nSPS) is 10.6. The molecule has 0 aromatic rings. The van der Waals surface area contributed by atoms with E-state index in [1.165, 1.54) is 57.8 Å². The monoisotopic (exact) mass is 230 g/mol. The van der Waals surface area contributed by atoms with Crippen LogP contribution in [0.25, 0.3) is 0 Å². The average molecular weight is 230 g/mol. The van der Waals surface area contributed by atoms with Gasteiger partial charge in [-0.15, -0.1) is 0 Å². The maximum absolute atomic E-state index is 10.3. The molecule has 0 aliphatic heterocycles. The van der Waals surface area contributed by atoms with Crippen LogP contribution in [0.15, 0.2) is 0 Å². The van der Waals surface area contributed by atoms with E-state index in [-0.39, 0.29) is 0 Å². The molecule has 2 nitrogen and oxygen atoms in total. The maximum atomic E-state index is 10.3. The second kappa shape index (κ2) is 12.5. The van der Waals surface area contributed by atoms with Crippen molar-refractivity contribution in [2.75, 3.05) is 0 Å². The predicted octanol–water partition coefficient (Wildman–Crippen LogP) is 4.77. The molecule has 0 aromatic heterocycles. The summed E-state index contributed by atoms with van der Waals surface area (Å²) in [5.41, 5.74) is 0. The Labute approximate surface area is 100 Å². The lowest BCUT2D eigenvalue weighted by Crippen LogP contribution is -1.93. The molecule has 0 saturated carbocycles. The molecule has 0 fully saturated rings. The molecule has 0 aliphatic carbocycles. The van der Waals surface area contributed by atoms with E-state index in [9.17, 15) is 4.79 Å². The van der Waals surface area contributed by atoms with E-state index in [4.69, 9.17) is 5.11 Å². The van der Waals surface area contributed by atoms with Crippen LogP contribution in [0, 0.1) is 0 Å². The Morgan fingerprint density at radius 1 is 0.750 bits per heavy atom. The third kappa shape index (κ3) is 13.5. The zero-order valence-corrected chi connectivity index (χ0v) is 10.8. The van der Waals surface area contributed by atoms with Gasteiger partial charge in [-0.05, 0) is 6.42 Å². The van der Waals surface area contributed by atoms with Crippen LogP contribution < -0.4 is 0 Å². The Hall–Kier alpha value is -0.530. The van der Waals surface area contributed by atoms with Gasteiger partial charge in [-0.1, -0.05) is 71.1 Å². The molecule has 0 radical (unpaired) electrons. The third-order valence-electron chi connectivity index (χ3n) is 2.99. The van der Waals surface area contributed by atoms with Crippen LogP contribution in [0.4, 0.5) is 0 Å². The summed E-state index contributed by atoms with van der Waals surface area (Å²) in [6.45, 7) is 2.25. The van der Waals surface area contributed by atoms with Crippen LogP contribution in [-0.4, -0.2) is 11.1 Å². The van der Waals surface area contributed by atoms with Gasteiger partial charge in [-0.25, -0.2) is 0 Å². The molecule has 0 atom stereocenters. The van der Waals surface area contributed by atoms with Gasteiger partial charge < -0.3 is 5.11 Å². The molecule has 0 heterocycles. The largest absolute Gasteiger partial charge is 0.481 e. The number of aliphatic carboxylic acids is 1. The van der Waals surface area contributed by atoms with Crippen molar-refractivity contribution in [2.24, 2.45) is 0 Å². The first-order chi connectivity index (χ1) is 7.77. The minimum Gasteiger partial charge on any atom is -0.481 e. The summed E-state index contributed by atoms with van der Waals surface area (Å²) in [5.74, 6) is -0.657. The summed E-state index contributed by atoms with van der Waals surface area (Å²) >= 11 is 0. The van der Waals surface area contributed by atoms with Crippen molar-refractivity contribution in [3.63, 3.8) is 0 Å². The number of carboxylic acid groups (broad SMARTS) is 1. The van der Waals surface area contributed by atoms with E-state index in [0.717, 1.165) is 12.8 Å². The Kier molecular flexibility index (Phi) is 12.1. The highest BCUT2D eigenvalue weighted by Crippen LogP contribution is 2.11. The molecule has 0 aliphatic rings. The van der Waals surface area contributed by atoms with E-state index in [1.807, 2.05) is 0 Å². The van der Waals surface area contributed by atoms with Gasteiger partial charge in [-0.2, -0.15) is 0 Å². The lowest BCUT2D eigenvalue weighted by molar-refractivity contribution is -0.137. The molecule has 0 unspecified atom stereocenters. The number of rotatable bonds is 12. The lowest BCUT2D eigenvalue weighted by Gasteiger charge is -2.01. The highest BCUT2D eigenvalue weighted by atomic mass is 16.6. The second-order valence-corrected chi connectivity index (χ2v) is 4.68. The van der Waals surface area contributed by atoms with Crippen molar-refractivity contribution in [2.45, 2.75) is 84.0 Å².